The lowest BCUT2D eigenvalue weighted by molar-refractivity contribution is 0.135. The lowest BCUT2D eigenvalue weighted by Crippen LogP contribution is -2.30. The largest absolute Gasteiger partial charge is 0.387 e. The van der Waals surface area contributed by atoms with E-state index in [1.165, 1.54) is 5.56 Å². The molecular formula is C13H20BrNO. The van der Waals surface area contributed by atoms with Crippen molar-refractivity contribution in [2.45, 2.75) is 39.3 Å². The predicted molar refractivity (Wildman–Crippen MR) is 71.3 cm³/mol. The molecule has 1 aromatic rings. The number of benzene rings is 1. The van der Waals surface area contributed by atoms with Crippen molar-refractivity contribution >= 4 is 15.9 Å². The summed E-state index contributed by atoms with van der Waals surface area (Å²) < 4.78 is 0.930. The van der Waals surface area contributed by atoms with E-state index >= 15 is 0 Å². The molecule has 90 valence electrons. The maximum absolute atomic E-state index is 10.2. The Kier molecular flexibility index (Phi) is 4.96. The summed E-state index contributed by atoms with van der Waals surface area (Å²) in [5.74, 6) is 0.494. The molecule has 0 aromatic heterocycles. The minimum absolute atomic E-state index is 0.209. The highest BCUT2D eigenvalue weighted by atomic mass is 79.9. The first-order valence-corrected chi connectivity index (χ1v) is 6.40. The number of aliphatic hydroxyl groups excluding tert-OH is 1. The summed E-state index contributed by atoms with van der Waals surface area (Å²) in [6.45, 7) is 6.24. The molecule has 0 amide bonds. The molecule has 2 unspecified atom stereocenters. The van der Waals surface area contributed by atoms with Crippen molar-refractivity contribution in [2.24, 2.45) is 11.7 Å². The van der Waals surface area contributed by atoms with E-state index in [1.807, 2.05) is 25.1 Å². The lowest BCUT2D eigenvalue weighted by atomic mass is 9.95. The third-order valence-corrected chi connectivity index (χ3v) is 3.31. The van der Waals surface area contributed by atoms with Crippen LogP contribution in [0.2, 0.25) is 0 Å². The molecule has 2 nitrogen and oxygen atoms in total. The van der Waals surface area contributed by atoms with Crippen molar-refractivity contribution < 1.29 is 5.11 Å². The standard InChI is InChI=1S/C13H20BrNO/c1-8(2)6-12(15)13(16)10-5-4-9(3)7-11(10)14/h4-5,7-8,12-13,16H,6,15H2,1-3H3. The van der Waals surface area contributed by atoms with Crippen LogP contribution in [0.1, 0.15) is 37.5 Å². The van der Waals surface area contributed by atoms with Crippen molar-refractivity contribution in [1.29, 1.82) is 0 Å². The van der Waals surface area contributed by atoms with Crippen LogP contribution in [0.15, 0.2) is 22.7 Å². The Bertz CT molecular complexity index is 352. The smallest absolute Gasteiger partial charge is 0.0951 e. The van der Waals surface area contributed by atoms with Gasteiger partial charge in [0.25, 0.3) is 0 Å². The Balaban J connectivity index is 2.83. The molecule has 3 heteroatoms. The fourth-order valence-corrected chi connectivity index (χ4v) is 2.50. The molecule has 0 spiro atoms. The average molecular weight is 286 g/mol. The second-order valence-electron chi connectivity index (χ2n) is 4.76. The van der Waals surface area contributed by atoms with Crippen LogP contribution in [0, 0.1) is 12.8 Å². The van der Waals surface area contributed by atoms with E-state index in [1.54, 1.807) is 0 Å². The van der Waals surface area contributed by atoms with E-state index in [0.717, 1.165) is 16.5 Å². The van der Waals surface area contributed by atoms with Crippen LogP contribution in [0.5, 0.6) is 0 Å². The molecule has 0 bridgehead atoms. The van der Waals surface area contributed by atoms with Crippen LogP contribution in [-0.2, 0) is 0 Å². The first-order chi connectivity index (χ1) is 7.41. The second-order valence-corrected chi connectivity index (χ2v) is 5.62. The van der Waals surface area contributed by atoms with Crippen LogP contribution in [0.25, 0.3) is 0 Å². The molecule has 1 aromatic carbocycles. The summed E-state index contributed by atoms with van der Waals surface area (Å²) in [7, 11) is 0. The van der Waals surface area contributed by atoms with Gasteiger partial charge in [0, 0.05) is 10.5 Å². The van der Waals surface area contributed by atoms with Crippen molar-refractivity contribution in [3.8, 4) is 0 Å². The molecular weight excluding hydrogens is 266 g/mol. The maximum Gasteiger partial charge on any atom is 0.0951 e. The number of nitrogens with two attached hydrogens (primary N) is 1. The van der Waals surface area contributed by atoms with Gasteiger partial charge in [0.2, 0.25) is 0 Å². The highest BCUT2D eigenvalue weighted by molar-refractivity contribution is 9.10. The second kappa shape index (κ2) is 5.80. The third kappa shape index (κ3) is 3.58. The van der Waals surface area contributed by atoms with E-state index in [2.05, 4.69) is 29.8 Å². The number of halogens is 1. The molecule has 0 saturated carbocycles. The average Bonchev–Trinajstić information content (AvgIpc) is 2.15. The van der Waals surface area contributed by atoms with Crippen LogP contribution in [0.3, 0.4) is 0 Å². The summed E-state index contributed by atoms with van der Waals surface area (Å²) in [6.07, 6.45) is 0.221. The highest BCUT2D eigenvalue weighted by Crippen LogP contribution is 2.27. The summed E-state index contributed by atoms with van der Waals surface area (Å²) in [6, 6.07) is 5.72. The van der Waals surface area contributed by atoms with Crippen molar-refractivity contribution in [1.82, 2.24) is 0 Å². The van der Waals surface area contributed by atoms with Crippen molar-refractivity contribution in [3.05, 3.63) is 33.8 Å². The Morgan fingerprint density at radius 1 is 1.38 bits per heavy atom. The molecule has 0 radical (unpaired) electrons. The molecule has 0 saturated heterocycles. The quantitative estimate of drug-likeness (QED) is 0.893. The molecule has 0 aliphatic heterocycles. The summed E-state index contributed by atoms with van der Waals surface area (Å²) in [5.41, 5.74) is 8.03. The Morgan fingerprint density at radius 3 is 2.50 bits per heavy atom. The number of aliphatic hydroxyl groups is 1. The third-order valence-electron chi connectivity index (χ3n) is 2.62. The van der Waals surface area contributed by atoms with Gasteiger partial charge in [-0.3, -0.25) is 0 Å². The zero-order chi connectivity index (χ0) is 12.3. The molecule has 3 N–H and O–H groups in total. The number of hydrogen-bond acceptors (Lipinski definition) is 2. The number of rotatable bonds is 4. The van der Waals surface area contributed by atoms with E-state index in [9.17, 15) is 5.11 Å². The van der Waals surface area contributed by atoms with Gasteiger partial charge in [0.05, 0.1) is 6.10 Å². The summed E-state index contributed by atoms with van der Waals surface area (Å²) >= 11 is 3.47. The normalized spacial score (nSPS) is 15.2. The van der Waals surface area contributed by atoms with Crippen LogP contribution >= 0.6 is 15.9 Å². The van der Waals surface area contributed by atoms with Gasteiger partial charge in [-0.15, -0.1) is 0 Å². The van der Waals surface area contributed by atoms with Gasteiger partial charge in [-0.25, -0.2) is 0 Å². The fourth-order valence-electron chi connectivity index (χ4n) is 1.78. The highest BCUT2D eigenvalue weighted by Gasteiger charge is 2.19. The first-order valence-electron chi connectivity index (χ1n) is 5.61. The van der Waals surface area contributed by atoms with E-state index < -0.39 is 6.10 Å². The van der Waals surface area contributed by atoms with Crippen molar-refractivity contribution in [3.63, 3.8) is 0 Å². The Labute approximate surface area is 106 Å². The topological polar surface area (TPSA) is 46.2 Å². The molecule has 1 rings (SSSR count). The summed E-state index contributed by atoms with van der Waals surface area (Å²) in [4.78, 5) is 0. The number of hydrogen-bond donors (Lipinski definition) is 2. The van der Waals surface area contributed by atoms with Gasteiger partial charge >= 0.3 is 0 Å². The zero-order valence-electron chi connectivity index (χ0n) is 10.1. The van der Waals surface area contributed by atoms with Gasteiger partial charge in [-0.05, 0) is 36.5 Å². The van der Waals surface area contributed by atoms with Gasteiger partial charge in [-0.1, -0.05) is 41.9 Å². The minimum Gasteiger partial charge on any atom is -0.387 e. The van der Waals surface area contributed by atoms with Gasteiger partial charge in [-0.2, -0.15) is 0 Å². The van der Waals surface area contributed by atoms with Crippen molar-refractivity contribution in [2.75, 3.05) is 0 Å². The van der Waals surface area contributed by atoms with Gasteiger partial charge < -0.3 is 10.8 Å². The first kappa shape index (κ1) is 13.7. The van der Waals surface area contributed by atoms with Gasteiger partial charge in [0.15, 0.2) is 0 Å². The van der Waals surface area contributed by atoms with Crippen LogP contribution < -0.4 is 5.73 Å². The molecule has 2 atom stereocenters. The lowest BCUT2D eigenvalue weighted by Gasteiger charge is -2.22. The SMILES string of the molecule is Cc1ccc(C(O)C(N)CC(C)C)c(Br)c1. The zero-order valence-corrected chi connectivity index (χ0v) is 11.7. The molecule has 0 aliphatic rings. The van der Waals surface area contributed by atoms with E-state index in [4.69, 9.17) is 5.73 Å². The minimum atomic E-state index is -0.600. The van der Waals surface area contributed by atoms with Gasteiger partial charge in [0.1, 0.15) is 0 Å². The molecule has 16 heavy (non-hydrogen) atoms. The number of aryl methyl sites for hydroxylation is 1. The molecule has 0 aliphatic carbocycles. The Morgan fingerprint density at radius 2 is 2.00 bits per heavy atom. The molecule has 0 heterocycles. The van der Waals surface area contributed by atoms with E-state index in [0.29, 0.717) is 5.92 Å². The Hall–Kier alpha value is -0.380. The maximum atomic E-state index is 10.2. The van der Waals surface area contributed by atoms with E-state index in [-0.39, 0.29) is 6.04 Å². The monoisotopic (exact) mass is 285 g/mol. The van der Waals surface area contributed by atoms with Crippen LogP contribution in [-0.4, -0.2) is 11.1 Å². The van der Waals surface area contributed by atoms with Crippen LogP contribution in [0.4, 0.5) is 0 Å². The predicted octanol–water partition coefficient (Wildman–Crippen LogP) is 3.16. The molecule has 0 fully saturated rings. The summed E-state index contributed by atoms with van der Waals surface area (Å²) in [5, 5.41) is 10.2. The fraction of sp³-hybridized carbons (Fsp3) is 0.538.